The van der Waals surface area contributed by atoms with Crippen molar-refractivity contribution in [1.82, 2.24) is 10.2 Å². The van der Waals surface area contributed by atoms with Crippen molar-refractivity contribution >= 4 is 44.6 Å². The quantitative estimate of drug-likeness (QED) is 0.635. The van der Waals surface area contributed by atoms with E-state index in [1.54, 1.807) is 35.6 Å². The number of nitrogens with one attached hydrogen (secondary N) is 2. The van der Waals surface area contributed by atoms with Gasteiger partial charge in [0.15, 0.2) is 0 Å². The van der Waals surface area contributed by atoms with Crippen LogP contribution in [0.25, 0.3) is 0 Å². The number of halogens is 1. The van der Waals surface area contributed by atoms with Gasteiger partial charge in [-0.1, -0.05) is 23.7 Å². The number of carbonyl (C=O) groups is 1. The molecule has 1 saturated heterocycles. The summed E-state index contributed by atoms with van der Waals surface area (Å²) in [6.45, 7) is 3.53. The first-order chi connectivity index (χ1) is 13.8. The smallest absolute Gasteiger partial charge is 0.229 e. The maximum absolute atomic E-state index is 12.2. The summed E-state index contributed by atoms with van der Waals surface area (Å²) in [5, 5.41) is 2.92. The van der Waals surface area contributed by atoms with Gasteiger partial charge in [0.05, 0.1) is 29.7 Å². The van der Waals surface area contributed by atoms with E-state index in [2.05, 4.69) is 14.9 Å². The molecule has 1 fully saturated rings. The largest absolute Gasteiger partial charge is 0.374 e. The number of amides is 1. The maximum atomic E-state index is 12.2. The highest BCUT2D eigenvalue weighted by Gasteiger charge is 2.21. The molecule has 7 nitrogen and oxygen atoms in total. The summed E-state index contributed by atoms with van der Waals surface area (Å²) >= 11 is 7.57. The molecule has 29 heavy (non-hydrogen) atoms. The number of nitrogens with zero attached hydrogens (tertiary/aromatic N) is 1. The Morgan fingerprint density at radius 1 is 1.28 bits per heavy atom. The van der Waals surface area contributed by atoms with Crippen molar-refractivity contribution in [3.8, 4) is 0 Å². The van der Waals surface area contributed by atoms with Gasteiger partial charge in [0, 0.05) is 36.7 Å². The van der Waals surface area contributed by atoms with Crippen LogP contribution in [0.3, 0.4) is 0 Å². The van der Waals surface area contributed by atoms with E-state index in [-0.39, 0.29) is 18.4 Å². The van der Waals surface area contributed by atoms with Crippen LogP contribution in [-0.2, 0) is 32.5 Å². The fourth-order valence-electron chi connectivity index (χ4n) is 3.08. The minimum Gasteiger partial charge on any atom is -0.374 e. The molecule has 3 rings (SSSR count). The molecule has 1 unspecified atom stereocenters. The van der Waals surface area contributed by atoms with Crippen LogP contribution in [0.15, 0.2) is 36.4 Å². The second-order valence-corrected chi connectivity index (χ2v) is 10.5. The first-order valence-corrected chi connectivity index (χ1v) is 12.3. The molecule has 2 N–H and O–H groups in total. The maximum Gasteiger partial charge on any atom is 0.229 e. The average molecular weight is 458 g/mol. The molecule has 1 aromatic carbocycles. The van der Waals surface area contributed by atoms with Crippen LogP contribution in [0.5, 0.6) is 0 Å². The molecule has 1 aliphatic rings. The van der Waals surface area contributed by atoms with Crippen molar-refractivity contribution in [2.75, 3.05) is 37.2 Å². The lowest BCUT2D eigenvalue weighted by Crippen LogP contribution is -2.47. The van der Waals surface area contributed by atoms with Crippen molar-refractivity contribution in [2.24, 2.45) is 0 Å². The third-order valence-corrected chi connectivity index (χ3v) is 6.20. The monoisotopic (exact) mass is 457 g/mol. The first-order valence-electron chi connectivity index (χ1n) is 9.18. The lowest BCUT2D eigenvalue weighted by atomic mass is 10.1. The second-order valence-electron chi connectivity index (χ2n) is 6.99. The fourth-order valence-corrected chi connectivity index (χ4v) is 4.78. The van der Waals surface area contributed by atoms with E-state index in [0.717, 1.165) is 35.8 Å². The number of hydrogen-bond donors (Lipinski definition) is 2. The number of sulfonamides is 1. The highest BCUT2D eigenvalue weighted by Crippen LogP contribution is 2.23. The summed E-state index contributed by atoms with van der Waals surface area (Å²) in [7, 11) is -3.31. The Labute approximate surface area is 180 Å². The topological polar surface area (TPSA) is 87.7 Å². The number of ether oxygens (including phenoxy) is 1. The van der Waals surface area contributed by atoms with Gasteiger partial charge in [0.1, 0.15) is 0 Å². The number of thiophene rings is 1. The molecular formula is C19H24ClN3O4S2. The molecular weight excluding hydrogens is 434 g/mol. The van der Waals surface area contributed by atoms with Crippen molar-refractivity contribution in [1.29, 1.82) is 0 Å². The molecule has 0 spiro atoms. The SMILES string of the molecule is CS(=O)(=O)Nc1ccc(CC(=O)NCC2CN(Cc3ccc(Cl)s3)CCO2)cc1. The number of rotatable bonds is 8. The van der Waals surface area contributed by atoms with E-state index < -0.39 is 10.0 Å². The Hall–Kier alpha value is -1.65. The predicted octanol–water partition coefficient (Wildman–Crippen LogP) is 2.33. The molecule has 0 radical (unpaired) electrons. The zero-order chi connectivity index (χ0) is 20.9. The molecule has 1 aromatic heterocycles. The summed E-state index contributed by atoms with van der Waals surface area (Å²) in [6, 6.07) is 10.7. The Morgan fingerprint density at radius 2 is 2.03 bits per heavy atom. The van der Waals surface area contributed by atoms with Gasteiger partial charge >= 0.3 is 0 Å². The lowest BCUT2D eigenvalue weighted by Gasteiger charge is -2.32. The molecule has 10 heteroatoms. The molecule has 0 aliphatic carbocycles. The Morgan fingerprint density at radius 3 is 2.69 bits per heavy atom. The Kier molecular flexibility index (Phi) is 7.53. The van der Waals surface area contributed by atoms with Crippen LogP contribution in [0.1, 0.15) is 10.4 Å². The molecule has 0 saturated carbocycles. The second kappa shape index (κ2) is 9.90. The van der Waals surface area contributed by atoms with E-state index in [1.165, 1.54) is 4.88 Å². The van der Waals surface area contributed by atoms with Crippen LogP contribution in [-0.4, -0.2) is 57.8 Å². The van der Waals surface area contributed by atoms with Crippen LogP contribution < -0.4 is 10.0 Å². The molecule has 1 atom stereocenters. The van der Waals surface area contributed by atoms with Gasteiger partial charge < -0.3 is 10.1 Å². The summed E-state index contributed by atoms with van der Waals surface area (Å²) in [5.41, 5.74) is 1.28. The minimum atomic E-state index is -3.31. The minimum absolute atomic E-state index is 0.0514. The van der Waals surface area contributed by atoms with E-state index in [4.69, 9.17) is 16.3 Å². The average Bonchev–Trinajstić information content (AvgIpc) is 3.05. The Bertz CT molecular complexity index is 931. The van der Waals surface area contributed by atoms with Crippen molar-refractivity contribution in [2.45, 2.75) is 19.1 Å². The molecule has 158 valence electrons. The zero-order valence-corrected chi connectivity index (χ0v) is 18.4. The van der Waals surface area contributed by atoms with E-state index >= 15 is 0 Å². The lowest BCUT2D eigenvalue weighted by molar-refractivity contribution is -0.121. The molecule has 1 aliphatic heterocycles. The van der Waals surface area contributed by atoms with Crippen LogP contribution >= 0.6 is 22.9 Å². The number of hydrogen-bond acceptors (Lipinski definition) is 6. The summed E-state index contributed by atoms with van der Waals surface area (Å²) < 4.78 is 31.4. The summed E-state index contributed by atoms with van der Waals surface area (Å²) in [4.78, 5) is 15.8. The number of carbonyl (C=O) groups excluding carboxylic acids is 1. The molecule has 1 amide bonds. The predicted molar refractivity (Wildman–Crippen MR) is 116 cm³/mol. The van der Waals surface area contributed by atoms with E-state index in [9.17, 15) is 13.2 Å². The molecule has 0 bridgehead atoms. The van der Waals surface area contributed by atoms with Gasteiger partial charge in [-0.3, -0.25) is 14.4 Å². The highest BCUT2D eigenvalue weighted by molar-refractivity contribution is 7.92. The van der Waals surface area contributed by atoms with Crippen LogP contribution in [0, 0.1) is 0 Å². The summed E-state index contributed by atoms with van der Waals surface area (Å²) in [6.07, 6.45) is 1.27. The fraction of sp³-hybridized carbons (Fsp3) is 0.421. The molecule has 2 heterocycles. The van der Waals surface area contributed by atoms with E-state index in [0.29, 0.717) is 18.8 Å². The number of morpholine rings is 1. The third-order valence-electron chi connectivity index (χ3n) is 4.38. The van der Waals surface area contributed by atoms with Gasteiger partial charge in [-0.25, -0.2) is 8.42 Å². The third kappa shape index (κ3) is 7.60. The van der Waals surface area contributed by atoms with Gasteiger partial charge in [0.2, 0.25) is 15.9 Å². The summed E-state index contributed by atoms with van der Waals surface area (Å²) in [5.74, 6) is -0.0976. The van der Waals surface area contributed by atoms with Crippen molar-refractivity contribution in [3.05, 3.63) is 51.2 Å². The van der Waals surface area contributed by atoms with Crippen molar-refractivity contribution < 1.29 is 17.9 Å². The number of anilines is 1. The van der Waals surface area contributed by atoms with Crippen LogP contribution in [0.4, 0.5) is 5.69 Å². The van der Waals surface area contributed by atoms with Crippen LogP contribution in [0.2, 0.25) is 4.34 Å². The first kappa shape index (κ1) is 22.0. The van der Waals surface area contributed by atoms with E-state index in [1.807, 2.05) is 12.1 Å². The number of benzene rings is 1. The molecule has 2 aromatic rings. The van der Waals surface area contributed by atoms with Gasteiger partial charge in [-0.2, -0.15) is 0 Å². The van der Waals surface area contributed by atoms with Gasteiger partial charge in [-0.05, 0) is 29.8 Å². The standard InChI is InChI=1S/C19H24ClN3O4S2/c1-29(25,26)22-15-4-2-14(3-5-15)10-19(24)21-11-16-12-23(8-9-27-16)13-17-6-7-18(20)28-17/h2-7,16,22H,8-13H2,1H3,(H,21,24). The highest BCUT2D eigenvalue weighted by atomic mass is 35.5. The van der Waals surface area contributed by atoms with Gasteiger partial charge in [0.25, 0.3) is 0 Å². The normalized spacial score (nSPS) is 17.8. The zero-order valence-electron chi connectivity index (χ0n) is 16.1. The van der Waals surface area contributed by atoms with Gasteiger partial charge in [-0.15, -0.1) is 11.3 Å². The van der Waals surface area contributed by atoms with Crippen molar-refractivity contribution in [3.63, 3.8) is 0 Å². The Balaban J connectivity index is 1.42.